The van der Waals surface area contributed by atoms with Crippen molar-refractivity contribution in [3.05, 3.63) is 34.4 Å². The van der Waals surface area contributed by atoms with Crippen molar-refractivity contribution in [2.45, 2.75) is 0 Å². The average Bonchev–Trinajstić information content (AvgIpc) is 2.19. The fourth-order valence-electron chi connectivity index (χ4n) is 0.930. The van der Waals surface area contributed by atoms with Gasteiger partial charge in [0.2, 0.25) is 0 Å². The maximum absolute atomic E-state index is 10.4. The molecule has 0 saturated heterocycles. The molecule has 14 heavy (non-hydrogen) atoms. The summed E-state index contributed by atoms with van der Waals surface area (Å²) in [5.74, 6) is 0.483. The van der Waals surface area contributed by atoms with E-state index >= 15 is 0 Å². The Morgan fingerprint density at radius 2 is 2.21 bits per heavy atom. The number of nitro groups is 1. The lowest BCUT2D eigenvalue weighted by molar-refractivity contribution is -0.384. The van der Waals surface area contributed by atoms with E-state index in [1.165, 1.54) is 12.1 Å². The minimum absolute atomic E-state index is 0.0277. The Morgan fingerprint density at radius 1 is 1.43 bits per heavy atom. The lowest BCUT2D eigenvalue weighted by Gasteiger charge is -2.04. The summed E-state index contributed by atoms with van der Waals surface area (Å²) >= 11 is 0. The van der Waals surface area contributed by atoms with Crippen LogP contribution in [-0.2, 0) is 4.74 Å². The van der Waals surface area contributed by atoms with Crippen LogP contribution in [0.1, 0.15) is 0 Å². The molecule has 0 bridgehead atoms. The molecule has 0 atom stereocenters. The van der Waals surface area contributed by atoms with Crippen LogP contribution in [0.2, 0.25) is 0 Å². The summed E-state index contributed by atoms with van der Waals surface area (Å²) in [5.41, 5.74) is 0.0277. The van der Waals surface area contributed by atoms with Crippen molar-refractivity contribution in [1.29, 1.82) is 0 Å². The lowest BCUT2D eigenvalue weighted by Crippen LogP contribution is -2.04. The third-order valence-electron chi connectivity index (χ3n) is 1.58. The third kappa shape index (κ3) is 3.02. The summed E-state index contributed by atoms with van der Waals surface area (Å²) in [4.78, 5) is 9.95. The first-order chi connectivity index (χ1) is 6.74. The molecule has 0 aliphatic carbocycles. The topological polar surface area (TPSA) is 61.6 Å². The highest BCUT2D eigenvalue weighted by Crippen LogP contribution is 2.18. The molecule has 0 spiro atoms. The third-order valence-corrected chi connectivity index (χ3v) is 1.58. The number of hydrogen-bond acceptors (Lipinski definition) is 4. The van der Waals surface area contributed by atoms with E-state index in [1.807, 2.05) is 0 Å². The van der Waals surface area contributed by atoms with Crippen molar-refractivity contribution in [3.63, 3.8) is 0 Å². The molecule has 5 nitrogen and oxygen atoms in total. The van der Waals surface area contributed by atoms with E-state index in [1.54, 1.807) is 19.2 Å². The van der Waals surface area contributed by atoms with Gasteiger partial charge in [0.25, 0.3) is 5.69 Å². The molecule has 0 fully saturated rings. The molecule has 1 rings (SSSR count). The Hall–Kier alpha value is -1.62. The molecule has 0 aliphatic rings. The molecule has 0 unspecified atom stereocenters. The molecule has 5 heteroatoms. The van der Waals surface area contributed by atoms with Crippen molar-refractivity contribution in [2.75, 3.05) is 20.3 Å². The fourth-order valence-corrected chi connectivity index (χ4v) is 0.930. The lowest BCUT2D eigenvalue weighted by atomic mass is 10.3. The maximum Gasteiger partial charge on any atom is 0.273 e. The van der Waals surface area contributed by atoms with Crippen LogP contribution in [0, 0.1) is 10.1 Å². The van der Waals surface area contributed by atoms with Crippen LogP contribution in [-0.4, -0.2) is 25.2 Å². The standard InChI is InChI=1S/C9H11NO4/c1-13-5-6-14-9-4-2-3-8(7-9)10(11)12/h2-4,7H,5-6H2,1H3. The Labute approximate surface area is 81.4 Å². The molecule has 0 radical (unpaired) electrons. The molecule has 1 aromatic carbocycles. The van der Waals surface area contributed by atoms with Crippen LogP contribution in [0.4, 0.5) is 5.69 Å². The number of ether oxygens (including phenoxy) is 2. The summed E-state index contributed by atoms with van der Waals surface area (Å²) in [7, 11) is 1.57. The molecule has 0 amide bonds. The van der Waals surface area contributed by atoms with E-state index in [9.17, 15) is 10.1 Å². The minimum Gasteiger partial charge on any atom is -0.491 e. The first-order valence-electron chi connectivity index (χ1n) is 4.10. The van der Waals surface area contributed by atoms with E-state index in [-0.39, 0.29) is 5.69 Å². The Bertz CT molecular complexity index is 313. The number of non-ortho nitro benzene ring substituents is 1. The van der Waals surface area contributed by atoms with Crippen LogP contribution in [0.3, 0.4) is 0 Å². The van der Waals surface area contributed by atoms with E-state index in [0.29, 0.717) is 19.0 Å². The summed E-state index contributed by atoms with van der Waals surface area (Å²) in [6.07, 6.45) is 0. The molecule has 1 aromatic rings. The first-order valence-corrected chi connectivity index (χ1v) is 4.10. The fraction of sp³-hybridized carbons (Fsp3) is 0.333. The molecular weight excluding hydrogens is 186 g/mol. The Morgan fingerprint density at radius 3 is 2.86 bits per heavy atom. The molecule has 76 valence electrons. The van der Waals surface area contributed by atoms with Gasteiger partial charge in [0.15, 0.2) is 0 Å². The number of methoxy groups -OCH3 is 1. The summed E-state index contributed by atoms with van der Waals surface area (Å²) in [6.45, 7) is 0.848. The average molecular weight is 197 g/mol. The molecule has 0 aromatic heterocycles. The van der Waals surface area contributed by atoms with Crippen LogP contribution in [0.15, 0.2) is 24.3 Å². The van der Waals surface area contributed by atoms with Gasteiger partial charge in [-0.15, -0.1) is 0 Å². The Balaban J connectivity index is 2.59. The Kier molecular flexibility index (Phi) is 3.87. The normalized spacial score (nSPS) is 9.79. The number of nitrogens with zero attached hydrogens (tertiary/aromatic N) is 1. The van der Waals surface area contributed by atoms with Crippen molar-refractivity contribution in [2.24, 2.45) is 0 Å². The zero-order valence-corrected chi connectivity index (χ0v) is 7.80. The summed E-state index contributed by atoms with van der Waals surface area (Å²) < 4.78 is 9.99. The van der Waals surface area contributed by atoms with Crippen molar-refractivity contribution in [1.82, 2.24) is 0 Å². The van der Waals surface area contributed by atoms with E-state index in [4.69, 9.17) is 9.47 Å². The number of nitro benzene ring substituents is 1. The van der Waals surface area contributed by atoms with Gasteiger partial charge < -0.3 is 9.47 Å². The van der Waals surface area contributed by atoms with Crippen molar-refractivity contribution in [3.8, 4) is 5.75 Å². The first kappa shape index (κ1) is 10.5. The van der Waals surface area contributed by atoms with Crippen molar-refractivity contribution >= 4 is 5.69 Å². The number of hydrogen-bond donors (Lipinski definition) is 0. The number of rotatable bonds is 5. The molecule has 0 saturated carbocycles. The van der Waals surface area contributed by atoms with Gasteiger partial charge in [-0.05, 0) is 6.07 Å². The zero-order valence-electron chi connectivity index (χ0n) is 7.80. The zero-order chi connectivity index (χ0) is 10.4. The highest BCUT2D eigenvalue weighted by atomic mass is 16.6. The minimum atomic E-state index is -0.455. The van der Waals surface area contributed by atoms with Crippen LogP contribution < -0.4 is 4.74 Å². The predicted octanol–water partition coefficient (Wildman–Crippen LogP) is 1.62. The highest BCUT2D eigenvalue weighted by Gasteiger charge is 2.05. The molecule has 0 N–H and O–H groups in total. The summed E-state index contributed by atoms with van der Waals surface area (Å²) in [6, 6.07) is 6.06. The molecule has 0 heterocycles. The van der Waals surface area contributed by atoms with Gasteiger partial charge in [0.05, 0.1) is 17.6 Å². The van der Waals surface area contributed by atoms with Crippen LogP contribution in [0.25, 0.3) is 0 Å². The smallest absolute Gasteiger partial charge is 0.273 e. The van der Waals surface area contributed by atoms with E-state index in [2.05, 4.69) is 0 Å². The van der Waals surface area contributed by atoms with Crippen LogP contribution in [0.5, 0.6) is 5.75 Å². The predicted molar refractivity (Wildman–Crippen MR) is 50.5 cm³/mol. The van der Waals surface area contributed by atoms with Gasteiger partial charge in [-0.1, -0.05) is 6.07 Å². The second-order valence-electron chi connectivity index (χ2n) is 2.60. The van der Waals surface area contributed by atoms with E-state index in [0.717, 1.165) is 0 Å². The largest absolute Gasteiger partial charge is 0.491 e. The van der Waals surface area contributed by atoms with E-state index < -0.39 is 4.92 Å². The second-order valence-corrected chi connectivity index (χ2v) is 2.60. The highest BCUT2D eigenvalue weighted by molar-refractivity contribution is 5.37. The quantitative estimate of drug-likeness (QED) is 0.409. The van der Waals surface area contributed by atoms with Gasteiger partial charge in [0, 0.05) is 13.2 Å². The van der Waals surface area contributed by atoms with Crippen molar-refractivity contribution < 1.29 is 14.4 Å². The van der Waals surface area contributed by atoms with Gasteiger partial charge in [-0.25, -0.2) is 0 Å². The monoisotopic (exact) mass is 197 g/mol. The SMILES string of the molecule is COCCOc1cccc([N+](=O)[O-])c1. The van der Waals surface area contributed by atoms with Crippen LogP contribution >= 0.6 is 0 Å². The number of benzene rings is 1. The van der Waals surface area contributed by atoms with Gasteiger partial charge in [0.1, 0.15) is 12.4 Å². The maximum atomic E-state index is 10.4. The molecular formula is C9H11NO4. The molecule has 0 aliphatic heterocycles. The summed E-state index contributed by atoms with van der Waals surface area (Å²) in [5, 5.41) is 10.4. The van der Waals surface area contributed by atoms with Gasteiger partial charge in [-0.2, -0.15) is 0 Å². The second kappa shape index (κ2) is 5.18. The van der Waals surface area contributed by atoms with Gasteiger partial charge in [-0.3, -0.25) is 10.1 Å². The van der Waals surface area contributed by atoms with Gasteiger partial charge >= 0.3 is 0 Å².